The lowest BCUT2D eigenvalue weighted by atomic mass is 9.76. The van der Waals surface area contributed by atoms with Crippen molar-refractivity contribution in [2.24, 2.45) is 47.3 Å². The second-order valence-electron chi connectivity index (χ2n) is 21.2. The van der Waals surface area contributed by atoms with Gasteiger partial charge in [0.25, 0.3) is 0 Å². The van der Waals surface area contributed by atoms with E-state index < -0.39 is 157 Å². The van der Waals surface area contributed by atoms with Crippen LogP contribution in [0.5, 0.6) is 0 Å². The number of aliphatic hydroxyl groups excluding tert-OH is 6. The summed E-state index contributed by atoms with van der Waals surface area (Å²) in [5, 5.41) is 89.0. The number of esters is 2. The molecule has 400 valence electrons. The van der Waals surface area contributed by atoms with E-state index in [1.165, 1.54) is 24.3 Å². The van der Waals surface area contributed by atoms with E-state index in [1.807, 2.05) is 13.8 Å². The summed E-state index contributed by atoms with van der Waals surface area (Å²) in [5.74, 6) is -9.94. The van der Waals surface area contributed by atoms with Crippen molar-refractivity contribution in [1.29, 1.82) is 0 Å². The molecule has 0 amide bonds. The number of carbonyl (C=O) groups is 2. The van der Waals surface area contributed by atoms with Gasteiger partial charge in [0.1, 0.15) is 24.4 Å². The Morgan fingerprint density at radius 1 is 0.557 bits per heavy atom. The molecule has 0 aromatic carbocycles. The molecule has 0 aliphatic carbocycles. The molecule has 18 nitrogen and oxygen atoms in total. The predicted molar refractivity (Wildman–Crippen MR) is 254 cm³/mol. The summed E-state index contributed by atoms with van der Waals surface area (Å²) in [6.07, 6.45) is -1.75. The van der Waals surface area contributed by atoms with Gasteiger partial charge in [-0.2, -0.15) is 0 Å². The molecule has 5 aliphatic rings. The lowest BCUT2D eigenvalue weighted by Gasteiger charge is -2.49. The Morgan fingerprint density at radius 3 is 1.23 bits per heavy atom. The molecule has 4 saturated heterocycles. The zero-order valence-electron chi connectivity index (χ0n) is 43.0. The van der Waals surface area contributed by atoms with Crippen LogP contribution in [0.25, 0.3) is 0 Å². The van der Waals surface area contributed by atoms with E-state index in [1.54, 1.807) is 93.5 Å². The van der Waals surface area contributed by atoms with Gasteiger partial charge in [0.15, 0.2) is 24.2 Å². The van der Waals surface area contributed by atoms with Crippen LogP contribution in [0.2, 0.25) is 0 Å². The van der Waals surface area contributed by atoms with Gasteiger partial charge in [0.2, 0.25) is 0 Å². The first-order valence-corrected chi connectivity index (χ1v) is 25.3. The summed E-state index contributed by atoms with van der Waals surface area (Å²) in [6, 6.07) is 0. The number of cyclic esters (lactones) is 2. The van der Waals surface area contributed by atoms with Crippen LogP contribution in [0.15, 0.2) is 48.6 Å². The minimum absolute atomic E-state index is 0.0377. The lowest BCUT2D eigenvalue weighted by Crippen LogP contribution is -2.59. The Labute approximate surface area is 413 Å². The lowest BCUT2D eigenvalue weighted by molar-refractivity contribution is -0.343. The average molecular weight is 997 g/mol. The fraction of sp³-hybridized carbons (Fsp3) is 0.808. The number of aliphatic hydroxyl groups is 8. The van der Waals surface area contributed by atoms with Gasteiger partial charge in [-0.05, 0) is 27.7 Å². The summed E-state index contributed by atoms with van der Waals surface area (Å²) in [4.78, 5) is 26.9. The Bertz CT molecular complexity index is 1670. The van der Waals surface area contributed by atoms with E-state index in [4.69, 9.17) is 37.9 Å². The van der Waals surface area contributed by atoms with E-state index in [-0.39, 0.29) is 37.5 Å². The van der Waals surface area contributed by atoms with Crippen molar-refractivity contribution in [3.05, 3.63) is 48.6 Å². The maximum absolute atomic E-state index is 13.5. The van der Waals surface area contributed by atoms with Crippen molar-refractivity contribution in [2.45, 2.75) is 218 Å². The third-order valence-corrected chi connectivity index (χ3v) is 16.0. The van der Waals surface area contributed by atoms with Gasteiger partial charge >= 0.3 is 11.9 Å². The number of allylic oxidation sites excluding steroid dienone is 4. The first kappa shape index (κ1) is 58.2. The van der Waals surface area contributed by atoms with Gasteiger partial charge in [0.05, 0.1) is 61.0 Å². The summed E-state index contributed by atoms with van der Waals surface area (Å²) in [5.41, 5.74) is 0. The molecule has 0 aromatic heterocycles. The quantitative estimate of drug-likeness (QED) is 0.130. The number of rotatable bonds is 12. The fourth-order valence-electron chi connectivity index (χ4n) is 10.6. The third-order valence-electron chi connectivity index (χ3n) is 16.0. The summed E-state index contributed by atoms with van der Waals surface area (Å²) >= 11 is 0. The summed E-state index contributed by atoms with van der Waals surface area (Å²) in [6.45, 7) is 21.0. The van der Waals surface area contributed by atoms with Crippen LogP contribution in [0.1, 0.15) is 109 Å². The number of hydrogen-bond donors (Lipinski definition) is 8. The van der Waals surface area contributed by atoms with Crippen molar-refractivity contribution in [1.82, 2.24) is 0 Å². The molecule has 18 heteroatoms. The van der Waals surface area contributed by atoms with E-state index >= 15 is 0 Å². The summed E-state index contributed by atoms with van der Waals surface area (Å²) < 4.78 is 48.6. The molecule has 5 heterocycles. The molecule has 0 saturated carbocycles. The van der Waals surface area contributed by atoms with E-state index in [2.05, 4.69) is 0 Å². The number of ether oxygens (including phenoxy) is 8. The zero-order chi connectivity index (χ0) is 52.2. The first-order valence-electron chi connectivity index (χ1n) is 25.3. The molecule has 4 fully saturated rings. The molecular formula is C52H84O18. The normalized spacial score (nSPS) is 45.2. The van der Waals surface area contributed by atoms with Crippen LogP contribution in [-0.4, -0.2) is 162 Å². The van der Waals surface area contributed by atoms with Crippen molar-refractivity contribution in [3.8, 4) is 0 Å². The SMILES string of the molecule is CC1C=CC=CC(=O)OC(C(C)C(O)C(C)C2(O)CC(OC3CC(O)C(O)C(C)O3)C(C)C(C)O2)C(C)C=CC=CC(=O)OC1C(C)C(O)C(C)C1(O)CC(OC2CC(O)C(O)C(C)O2)C(C)C(C)O1. The van der Waals surface area contributed by atoms with Crippen molar-refractivity contribution < 1.29 is 88.3 Å². The molecular weight excluding hydrogens is 913 g/mol. The van der Waals surface area contributed by atoms with Crippen LogP contribution in [0, 0.1) is 47.3 Å². The van der Waals surface area contributed by atoms with Gasteiger partial charge < -0.3 is 78.7 Å². The fourth-order valence-corrected chi connectivity index (χ4v) is 10.6. The van der Waals surface area contributed by atoms with Crippen molar-refractivity contribution in [2.75, 3.05) is 0 Å². The molecule has 8 N–H and O–H groups in total. The second kappa shape index (κ2) is 24.6. The monoisotopic (exact) mass is 997 g/mol. The smallest absolute Gasteiger partial charge is 0.331 e. The molecule has 26 atom stereocenters. The highest BCUT2D eigenvalue weighted by molar-refractivity contribution is 5.83. The Balaban J connectivity index is 1.27. The van der Waals surface area contributed by atoms with Crippen LogP contribution >= 0.6 is 0 Å². The largest absolute Gasteiger partial charge is 0.458 e. The van der Waals surface area contributed by atoms with Crippen LogP contribution < -0.4 is 0 Å². The van der Waals surface area contributed by atoms with Crippen LogP contribution in [0.3, 0.4) is 0 Å². The minimum Gasteiger partial charge on any atom is -0.458 e. The van der Waals surface area contributed by atoms with E-state index in [0.29, 0.717) is 0 Å². The highest BCUT2D eigenvalue weighted by Gasteiger charge is 2.53. The average Bonchev–Trinajstić information content (AvgIpc) is 3.29. The highest BCUT2D eigenvalue weighted by Crippen LogP contribution is 2.44. The van der Waals surface area contributed by atoms with Crippen LogP contribution in [-0.2, 0) is 47.5 Å². The third kappa shape index (κ3) is 13.9. The predicted octanol–water partition coefficient (Wildman–Crippen LogP) is 3.34. The maximum Gasteiger partial charge on any atom is 0.331 e. The standard InChI is InChI=1S/C52H84O18/c1-25-17-13-15-19-42(56)68-50(30(6)46(58)32(8)52(62)24-40(28(4)34(10)70-52)66-44-22-38(54)48(60)36(12)64-44)26(2)18-14-16-20-41(55)67-49(25)29(5)45(57)31(7)51(61)23-39(27(3)33(9)69-51)65-43-21-37(53)47(59)35(11)63-43/h13-20,25-40,43-50,53-54,57-62H,21-24H2,1-12H3. The molecule has 5 aliphatic heterocycles. The molecule has 5 rings (SSSR count). The van der Waals surface area contributed by atoms with Gasteiger partial charge in [-0.3, -0.25) is 0 Å². The van der Waals surface area contributed by atoms with Crippen molar-refractivity contribution >= 4 is 11.9 Å². The van der Waals surface area contributed by atoms with E-state index in [9.17, 15) is 50.4 Å². The Kier molecular flexibility index (Phi) is 20.4. The Morgan fingerprint density at radius 2 is 0.900 bits per heavy atom. The molecule has 26 unspecified atom stereocenters. The second-order valence-corrected chi connectivity index (χ2v) is 21.2. The first-order chi connectivity index (χ1) is 32.7. The number of hydrogen-bond acceptors (Lipinski definition) is 18. The van der Waals surface area contributed by atoms with Crippen LogP contribution in [0.4, 0.5) is 0 Å². The molecule has 0 radical (unpaired) electrons. The van der Waals surface area contributed by atoms with Gasteiger partial charge in [-0.1, -0.05) is 91.8 Å². The molecule has 0 spiro atoms. The highest BCUT2D eigenvalue weighted by atomic mass is 16.7. The molecule has 0 aromatic rings. The van der Waals surface area contributed by atoms with E-state index in [0.717, 1.165) is 0 Å². The Hall–Kier alpha value is -2.66. The molecule has 0 bridgehead atoms. The minimum atomic E-state index is -1.88. The van der Waals surface area contributed by atoms with Gasteiger partial charge in [0, 0.05) is 85.2 Å². The summed E-state index contributed by atoms with van der Waals surface area (Å²) in [7, 11) is 0. The topological polar surface area (TPSA) is 270 Å². The zero-order valence-corrected chi connectivity index (χ0v) is 43.0. The van der Waals surface area contributed by atoms with Gasteiger partial charge in [-0.15, -0.1) is 0 Å². The van der Waals surface area contributed by atoms with Gasteiger partial charge in [-0.25, -0.2) is 9.59 Å². The number of carbonyl (C=O) groups excluding carboxylic acids is 2. The molecule has 70 heavy (non-hydrogen) atoms. The maximum atomic E-state index is 13.5. The van der Waals surface area contributed by atoms with Crippen molar-refractivity contribution in [3.63, 3.8) is 0 Å².